The SMILES string of the molecule is CCN(C)C=Nc1ccc2c(c1)C(=O)NS2(O)Cc1ccc(Br)cc1. The molecule has 0 radical (unpaired) electrons. The van der Waals surface area contributed by atoms with E-state index in [0.717, 1.165) is 16.6 Å². The first kappa shape index (κ1) is 18.0. The number of fused-ring (bicyclic) bond motifs is 1. The van der Waals surface area contributed by atoms with Crippen molar-refractivity contribution in [1.82, 2.24) is 9.62 Å². The van der Waals surface area contributed by atoms with E-state index in [1.807, 2.05) is 49.2 Å². The second kappa shape index (κ2) is 7.19. The zero-order valence-corrected chi connectivity index (χ0v) is 16.5. The van der Waals surface area contributed by atoms with E-state index in [4.69, 9.17) is 0 Å². The maximum absolute atomic E-state index is 12.4. The molecule has 1 unspecified atom stereocenters. The number of aliphatic imine (C=N–C) groups is 1. The molecule has 0 saturated carbocycles. The largest absolute Gasteiger partial charge is 0.366 e. The van der Waals surface area contributed by atoms with Gasteiger partial charge in [0.25, 0.3) is 5.91 Å². The van der Waals surface area contributed by atoms with Crippen molar-refractivity contribution < 1.29 is 9.35 Å². The molecule has 0 spiro atoms. The van der Waals surface area contributed by atoms with Gasteiger partial charge in [0.2, 0.25) is 0 Å². The van der Waals surface area contributed by atoms with Crippen molar-refractivity contribution in [1.29, 1.82) is 0 Å². The Balaban J connectivity index is 1.88. The van der Waals surface area contributed by atoms with Gasteiger partial charge in [-0.3, -0.25) is 9.52 Å². The smallest absolute Gasteiger partial charge is 0.262 e. The minimum atomic E-state index is -2.41. The lowest BCUT2D eigenvalue weighted by atomic mass is 10.2. The predicted octanol–water partition coefficient (Wildman–Crippen LogP) is 4.56. The van der Waals surface area contributed by atoms with E-state index >= 15 is 0 Å². The van der Waals surface area contributed by atoms with Crippen molar-refractivity contribution in [3.8, 4) is 0 Å². The number of carbonyl (C=O) groups is 1. The van der Waals surface area contributed by atoms with Gasteiger partial charge in [0.05, 0.1) is 17.6 Å². The van der Waals surface area contributed by atoms with Crippen molar-refractivity contribution in [2.45, 2.75) is 17.6 Å². The second-order valence-electron chi connectivity index (χ2n) is 5.90. The first-order valence-electron chi connectivity index (χ1n) is 7.90. The normalized spacial score (nSPS) is 21.7. The van der Waals surface area contributed by atoms with E-state index in [0.29, 0.717) is 21.9 Å². The van der Waals surface area contributed by atoms with Crippen molar-refractivity contribution >= 4 is 44.4 Å². The number of benzene rings is 2. The number of hydrogen-bond acceptors (Lipinski definition) is 3. The predicted molar refractivity (Wildman–Crippen MR) is 107 cm³/mol. The summed E-state index contributed by atoms with van der Waals surface area (Å²) >= 11 is 3.40. The second-order valence-corrected chi connectivity index (χ2v) is 9.16. The van der Waals surface area contributed by atoms with Gasteiger partial charge in [-0.15, -0.1) is 0 Å². The van der Waals surface area contributed by atoms with Gasteiger partial charge in [-0.2, -0.15) is 0 Å². The Kier molecular flexibility index (Phi) is 5.17. The number of hydrogen-bond donors (Lipinski definition) is 2. The number of amides is 1. The lowest BCUT2D eigenvalue weighted by Crippen LogP contribution is -2.20. The molecule has 0 saturated heterocycles. The molecule has 1 aliphatic heterocycles. The molecule has 1 aliphatic rings. The Morgan fingerprint density at radius 3 is 2.68 bits per heavy atom. The van der Waals surface area contributed by atoms with Gasteiger partial charge in [0, 0.05) is 28.7 Å². The van der Waals surface area contributed by atoms with Gasteiger partial charge >= 0.3 is 0 Å². The van der Waals surface area contributed by atoms with Gasteiger partial charge in [0.15, 0.2) is 0 Å². The zero-order chi connectivity index (χ0) is 18.0. The number of nitrogens with one attached hydrogen (secondary N) is 1. The summed E-state index contributed by atoms with van der Waals surface area (Å²) in [4.78, 5) is 19.3. The Hall–Kier alpha value is -1.83. The molecule has 1 atom stereocenters. The molecule has 25 heavy (non-hydrogen) atoms. The molecular formula is C18H20BrN3O2S. The molecule has 0 bridgehead atoms. The van der Waals surface area contributed by atoms with Gasteiger partial charge in [0.1, 0.15) is 0 Å². The molecule has 0 aromatic heterocycles. The number of nitrogens with zero attached hydrogens (tertiary/aromatic N) is 2. The van der Waals surface area contributed by atoms with Crippen molar-refractivity contribution in [3.63, 3.8) is 0 Å². The average Bonchev–Trinajstić information content (AvgIpc) is 2.85. The molecule has 5 nitrogen and oxygen atoms in total. The highest BCUT2D eigenvalue weighted by molar-refractivity contribution is 9.10. The van der Waals surface area contributed by atoms with E-state index in [1.165, 1.54) is 0 Å². The van der Waals surface area contributed by atoms with Crippen LogP contribution in [0.15, 0.2) is 56.8 Å². The average molecular weight is 422 g/mol. The molecule has 0 aliphatic carbocycles. The lowest BCUT2D eigenvalue weighted by molar-refractivity contribution is 0.0985. The Labute approximate surface area is 157 Å². The summed E-state index contributed by atoms with van der Waals surface area (Å²) in [6.45, 7) is 2.89. The van der Waals surface area contributed by atoms with Crippen molar-refractivity contribution in [2.24, 2.45) is 4.99 Å². The molecule has 1 heterocycles. The maximum atomic E-state index is 12.4. The summed E-state index contributed by atoms with van der Waals surface area (Å²) in [5.41, 5.74) is 2.17. The highest BCUT2D eigenvalue weighted by Crippen LogP contribution is 2.57. The topological polar surface area (TPSA) is 64.9 Å². The van der Waals surface area contributed by atoms with Gasteiger partial charge in [-0.25, -0.2) is 4.99 Å². The highest BCUT2D eigenvalue weighted by Gasteiger charge is 2.37. The van der Waals surface area contributed by atoms with E-state index < -0.39 is 10.5 Å². The molecule has 2 aromatic carbocycles. The van der Waals surface area contributed by atoms with Crippen LogP contribution in [0.1, 0.15) is 22.8 Å². The maximum Gasteiger partial charge on any atom is 0.262 e. The number of carbonyl (C=O) groups excluding carboxylic acids is 1. The summed E-state index contributed by atoms with van der Waals surface area (Å²) in [5, 5.41) is 0. The van der Waals surface area contributed by atoms with Gasteiger partial charge in [-0.1, -0.05) is 28.1 Å². The number of halogens is 1. The van der Waals surface area contributed by atoms with Crippen LogP contribution in [0.3, 0.4) is 0 Å². The van der Waals surface area contributed by atoms with E-state index in [9.17, 15) is 9.35 Å². The fourth-order valence-electron chi connectivity index (χ4n) is 2.52. The fraction of sp³-hybridized carbons (Fsp3) is 0.222. The summed E-state index contributed by atoms with van der Waals surface area (Å²) in [5.74, 6) is 0.144. The van der Waals surface area contributed by atoms with E-state index in [2.05, 4.69) is 25.6 Å². The molecule has 1 amide bonds. The molecule has 0 fully saturated rings. The third-order valence-electron chi connectivity index (χ3n) is 4.02. The Morgan fingerprint density at radius 1 is 1.28 bits per heavy atom. The Morgan fingerprint density at radius 2 is 2.00 bits per heavy atom. The van der Waals surface area contributed by atoms with Crippen LogP contribution in [-0.4, -0.2) is 35.3 Å². The molecular weight excluding hydrogens is 402 g/mol. The molecule has 132 valence electrons. The third kappa shape index (κ3) is 3.89. The van der Waals surface area contributed by atoms with Crippen LogP contribution in [-0.2, 0) is 5.75 Å². The minimum Gasteiger partial charge on any atom is -0.366 e. The van der Waals surface area contributed by atoms with Gasteiger partial charge in [-0.05, 0) is 53.3 Å². The summed E-state index contributed by atoms with van der Waals surface area (Å²) in [6, 6.07) is 13.1. The van der Waals surface area contributed by atoms with Crippen LogP contribution in [0, 0.1) is 0 Å². The van der Waals surface area contributed by atoms with E-state index in [1.54, 1.807) is 18.5 Å². The molecule has 2 aromatic rings. The quantitative estimate of drug-likeness (QED) is 0.549. The van der Waals surface area contributed by atoms with Crippen LogP contribution >= 0.6 is 26.4 Å². The third-order valence-corrected chi connectivity index (χ3v) is 6.91. The fourth-order valence-corrected chi connectivity index (χ4v) is 5.02. The number of rotatable bonds is 5. The van der Waals surface area contributed by atoms with Crippen molar-refractivity contribution in [2.75, 3.05) is 13.6 Å². The van der Waals surface area contributed by atoms with Crippen LogP contribution < -0.4 is 4.72 Å². The first-order valence-corrected chi connectivity index (χ1v) is 10.4. The minimum absolute atomic E-state index is 0.245. The molecule has 3 rings (SSSR count). The van der Waals surface area contributed by atoms with Crippen LogP contribution in [0.2, 0.25) is 0 Å². The first-order chi connectivity index (χ1) is 11.9. The van der Waals surface area contributed by atoms with Crippen molar-refractivity contribution in [3.05, 3.63) is 58.1 Å². The van der Waals surface area contributed by atoms with E-state index in [-0.39, 0.29) is 5.91 Å². The van der Waals surface area contributed by atoms with Gasteiger partial charge < -0.3 is 9.45 Å². The van der Waals surface area contributed by atoms with Crippen LogP contribution in [0.5, 0.6) is 0 Å². The standard InChI is InChI=1S/C18H20BrN3O2S/c1-3-22(2)12-20-15-8-9-17-16(10-15)18(23)21-25(17,24)11-13-4-6-14(19)7-5-13/h4-10,12,24H,3,11H2,1-2H3,(H,21,23). The molecule has 7 heteroatoms. The lowest BCUT2D eigenvalue weighted by Gasteiger charge is -2.29. The monoisotopic (exact) mass is 421 g/mol. The van der Waals surface area contributed by atoms with Crippen LogP contribution in [0.25, 0.3) is 0 Å². The molecule has 2 N–H and O–H groups in total. The summed E-state index contributed by atoms with van der Waals surface area (Å²) in [7, 11) is -0.473. The Bertz CT molecular complexity index is 826. The highest BCUT2D eigenvalue weighted by atomic mass is 79.9. The summed E-state index contributed by atoms with van der Waals surface area (Å²) < 4.78 is 14.8. The summed E-state index contributed by atoms with van der Waals surface area (Å²) in [6.07, 6.45) is 1.73. The van der Waals surface area contributed by atoms with Crippen LogP contribution in [0.4, 0.5) is 5.69 Å². The zero-order valence-electron chi connectivity index (χ0n) is 14.1.